The fraction of sp³-hybridized carbons (Fsp3) is 0.833. The normalized spacial score (nSPS) is 31.9. The minimum absolute atomic E-state index is 0.106. The van der Waals surface area contributed by atoms with Crippen molar-refractivity contribution >= 4 is 0 Å². The van der Waals surface area contributed by atoms with E-state index in [9.17, 15) is 8.78 Å². The van der Waals surface area contributed by atoms with Crippen LogP contribution in [0.2, 0.25) is 0 Å². The molecule has 1 atom stereocenters. The summed E-state index contributed by atoms with van der Waals surface area (Å²) in [6, 6.07) is 1.84. The topological polar surface area (TPSA) is 23.8 Å². The van der Waals surface area contributed by atoms with Crippen LogP contribution in [0.4, 0.5) is 8.78 Å². The van der Waals surface area contributed by atoms with E-state index in [2.05, 4.69) is 0 Å². The van der Waals surface area contributed by atoms with Gasteiger partial charge in [-0.2, -0.15) is 5.26 Å². The minimum atomic E-state index is -2.56. The van der Waals surface area contributed by atoms with E-state index in [1.807, 2.05) is 6.07 Å². The maximum absolute atomic E-state index is 12.2. The van der Waals surface area contributed by atoms with Crippen molar-refractivity contribution in [1.29, 1.82) is 5.26 Å². The number of nitrogens with zero attached hydrogens (tertiary/aromatic N) is 1. The van der Waals surface area contributed by atoms with Crippen molar-refractivity contribution in [3.05, 3.63) is 0 Å². The lowest BCUT2D eigenvalue weighted by Gasteiger charge is -2.03. The molecule has 1 nitrogen and oxygen atoms in total. The van der Waals surface area contributed by atoms with Gasteiger partial charge in [-0.1, -0.05) is 0 Å². The fourth-order valence-corrected chi connectivity index (χ4v) is 1.06. The summed E-state index contributed by atoms with van der Waals surface area (Å²) in [7, 11) is 0. The van der Waals surface area contributed by atoms with Crippen molar-refractivity contribution in [2.45, 2.75) is 25.2 Å². The van der Waals surface area contributed by atoms with Crippen molar-refractivity contribution in [2.24, 2.45) is 5.92 Å². The summed E-state index contributed by atoms with van der Waals surface area (Å²) in [6.45, 7) is 0. The van der Waals surface area contributed by atoms with Gasteiger partial charge < -0.3 is 0 Å². The van der Waals surface area contributed by atoms with Gasteiger partial charge in [-0.3, -0.25) is 0 Å². The Kier molecular flexibility index (Phi) is 1.40. The van der Waals surface area contributed by atoms with Gasteiger partial charge in [0.25, 0.3) is 0 Å². The Morgan fingerprint density at radius 3 is 2.44 bits per heavy atom. The summed E-state index contributed by atoms with van der Waals surface area (Å²) in [4.78, 5) is 0. The molecular weight excluding hydrogens is 124 g/mol. The van der Waals surface area contributed by atoms with Crippen LogP contribution < -0.4 is 0 Å². The predicted octanol–water partition coefficient (Wildman–Crippen LogP) is 1.95. The molecule has 0 spiro atoms. The summed E-state index contributed by atoms with van der Waals surface area (Å²) >= 11 is 0. The minimum Gasteiger partial charge on any atom is -0.207 e. The zero-order valence-electron chi connectivity index (χ0n) is 4.90. The van der Waals surface area contributed by atoms with Crippen LogP contribution in [0.1, 0.15) is 19.3 Å². The Morgan fingerprint density at radius 1 is 1.56 bits per heavy atom. The first-order valence-corrected chi connectivity index (χ1v) is 2.91. The summed E-state index contributed by atoms with van der Waals surface area (Å²) in [5.74, 6) is -2.96. The monoisotopic (exact) mass is 131 g/mol. The van der Waals surface area contributed by atoms with E-state index >= 15 is 0 Å². The smallest absolute Gasteiger partial charge is 0.207 e. The van der Waals surface area contributed by atoms with Gasteiger partial charge in [-0.25, -0.2) is 8.78 Å². The molecule has 0 aromatic carbocycles. The first-order valence-electron chi connectivity index (χ1n) is 2.91. The first-order chi connectivity index (χ1) is 4.14. The third-order valence-electron chi connectivity index (χ3n) is 1.59. The number of halogens is 2. The third kappa shape index (κ3) is 1.38. The molecule has 0 radical (unpaired) electrons. The van der Waals surface area contributed by atoms with Gasteiger partial charge in [0.1, 0.15) is 0 Å². The Morgan fingerprint density at radius 2 is 2.22 bits per heavy atom. The molecule has 9 heavy (non-hydrogen) atoms. The molecule has 0 amide bonds. The average Bonchev–Trinajstić information content (AvgIpc) is 2.10. The highest BCUT2D eigenvalue weighted by atomic mass is 19.3. The third-order valence-corrected chi connectivity index (χ3v) is 1.59. The summed E-state index contributed by atoms with van der Waals surface area (Å²) in [6.07, 6.45) is 0.0260. The maximum Gasteiger partial charge on any atom is 0.249 e. The average molecular weight is 131 g/mol. The van der Waals surface area contributed by atoms with Gasteiger partial charge in [0.15, 0.2) is 0 Å². The highest BCUT2D eigenvalue weighted by Gasteiger charge is 2.39. The van der Waals surface area contributed by atoms with E-state index < -0.39 is 11.8 Å². The predicted molar refractivity (Wildman–Crippen MR) is 27.9 cm³/mol. The maximum atomic E-state index is 12.2. The number of hydrogen-bond acceptors (Lipinski definition) is 1. The molecule has 1 fully saturated rings. The fourth-order valence-electron chi connectivity index (χ4n) is 1.06. The van der Waals surface area contributed by atoms with Gasteiger partial charge in [0, 0.05) is 12.8 Å². The molecule has 0 aromatic heterocycles. The van der Waals surface area contributed by atoms with Gasteiger partial charge in [0.2, 0.25) is 5.92 Å². The lowest BCUT2D eigenvalue weighted by atomic mass is 10.1. The Balaban J connectivity index is 2.50. The van der Waals surface area contributed by atoms with Gasteiger partial charge in [-0.15, -0.1) is 0 Å². The largest absolute Gasteiger partial charge is 0.249 e. The van der Waals surface area contributed by atoms with Crippen LogP contribution in [0.15, 0.2) is 0 Å². The standard InChI is InChI=1S/C6H7F2N/c7-6(8)2-1-5(3-6)4-9/h5H,1-3H2. The second kappa shape index (κ2) is 1.94. The number of alkyl halides is 2. The Labute approximate surface area is 52.3 Å². The molecule has 1 saturated carbocycles. The van der Waals surface area contributed by atoms with Crippen molar-refractivity contribution in [2.75, 3.05) is 0 Å². The Bertz CT molecular complexity index is 148. The van der Waals surface area contributed by atoms with Crippen molar-refractivity contribution < 1.29 is 8.78 Å². The van der Waals surface area contributed by atoms with Crippen LogP contribution in [0, 0.1) is 17.2 Å². The van der Waals surface area contributed by atoms with Crippen LogP contribution in [0.3, 0.4) is 0 Å². The molecule has 0 aromatic rings. The molecule has 1 aliphatic rings. The van der Waals surface area contributed by atoms with E-state index in [1.54, 1.807) is 0 Å². The van der Waals surface area contributed by atoms with E-state index in [0.29, 0.717) is 6.42 Å². The van der Waals surface area contributed by atoms with Crippen LogP contribution in [-0.4, -0.2) is 5.92 Å². The molecule has 1 aliphatic carbocycles. The van der Waals surface area contributed by atoms with Crippen LogP contribution in [-0.2, 0) is 0 Å². The van der Waals surface area contributed by atoms with E-state index in [-0.39, 0.29) is 12.8 Å². The molecule has 1 rings (SSSR count). The molecule has 0 saturated heterocycles. The highest BCUT2D eigenvalue weighted by Crippen LogP contribution is 2.38. The van der Waals surface area contributed by atoms with Crippen LogP contribution in [0.5, 0.6) is 0 Å². The van der Waals surface area contributed by atoms with Crippen molar-refractivity contribution in [1.82, 2.24) is 0 Å². The molecule has 0 bridgehead atoms. The molecule has 0 aliphatic heterocycles. The van der Waals surface area contributed by atoms with Crippen molar-refractivity contribution in [3.8, 4) is 6.07 Å². The van der Waals surface area contributed by atoms with E-state index in [0.717, 1.165) is 0 Å². The molecule has 50 valence electrons. The number of hydrogen-bond donors (Lipinski definition) is 0. The second-order valence-corrected chi connectivity index (χ2v) is 2.42. The highest BCUT2D eigenvalue weighted by molar-refractivity contribution is 4.93. The zero-order valence-corrected chi connectivity index (χ0v) is 4.90. The van der Waals surface area contributed by atoms with Crippen molar-refractivity contribution in [3.63, 3.8) is 0 Å². The van der Waals surface area contributed by atoms with E-state index in [4.69, 9.17) is 5.26 Å². The summed E-state index contributed by atoms with van der Waals surface area (Å²) < 4.78 is 24.5. The number of rotatable bonds is 0. The number of nitriles is 1. The molecule has 1 unspecified atom stereocenters. The molecule has 0 N–H and O–H groups in total. The molecule has 0 heterocycles. The van der Waals surface area contributed by atoms with Crippen LogP contribution in [0.25, 0.3) is 0 Å². The first kappa shape index (κ1) is 6.47. The lowest BCUT2D eigenvalue weighted by Crippen LogP contribution is -2.08. The zero-order chi connectivity index (χ0) is 6.91. The van der Waals surface area contributed by atoms with Gasteiger partial charge >= 0.3 is 0 Å². The SMILES string of the molecule is N#CC1CCC(F)(F)C1. The van der Waals surface area contributed by atoms with Crippen LogP contribution >= 0.6 is 0 Å². The molecule has 3 heteroatoms. The lowest BCUT2D eigenvalue weighted by molar-refractivity contribution is 0.00700. The quantitative estimate of drug-likeness (QED) is 0.492. The Hall–Kier alpha value is -0.650. The second-order valence-electron chi connectivity index (χ2n) is 2.42. The summed E-state index contributed by atoms with van der Waals surface area (Å²) in [5, 5.41) is 8.21. The van der Waals surface area contributed by atoms with E-state index in [1.165, 1.54) is 0 Å². The molecular formula is C6H7F2N. The van der Waals surface area contributed by atoms with Gasteiger partial charge in [0.05, 0.1) is 12.0 Å². The summed E-state index contributed by atoms with van der Waals surface area (Å²) in [5.41, 5.74) is 0. The van der Waals surface area contributed by atoms with Gasteiger partial charge in [-0.05, 0) is 6.42 Å².